The van der Waals surface area contributed by atoms with E-state index in [-0.39, 0.29) is 0 Å². The third-order valence-electron chi connectivity index (χ3n) is 1.55. The van der Waals surface area contributed by atoms with Crippen molar-refractivity contribution in [2.24, 2.45) is 5.73 Å². The topological polar surface area (TPSA) is 41.2 Å². The molecule has 1 aliphatic rings. The van der Waals surface area contributed by atoms with Crippen LogP contribution in [0.3, 0.4) is 0 Å². The first-order chi connectivity index (χ1) is 4.43. The highest BCUT2D eigenvalue weighted by atomic mass is 16.5. The number of nitrogens with two attached hydrogens (primary N) is 1. The molecule has 3 heteroatoms. The van der Waals surface area contributed by atoms with Crippen molar-refractivity contribution in [3.8, 4) is 0 Å². The molecule has 53 valence electrons. The molecule has 1 aliphatic heterocycles. The molecular formula is C6H14N2O+. The molecule has 0 aromatic carbocycles. The summed E-state index contributed by atoms with van der Waals surface area (Å²) in [6.07, 6.45) is 0. The molecule has 0 spiro atoms. The predicted molar refractivity (Wildman–Crippen MR) is 36.6 cm³/mol. The molecule has 0 saturated carbocycles. The first-order valence-corrected chi connectivity index (χ1v) is 3.43. The number of ether oxygens (including phenoxy) is 1. The van der Waals surface area contributed by atoms with E-state index in [1.54, 1.807) is 0 Å². The van der Waals surface area contributed by atoms with Crippen LogP contribution in [-0.4, -0.2) is 39.4 Å². The standard InChI is InChI=1S/C6H14N2O/c7-1-2-8-3-5-9-6-4-8/h1-7H2/q+1. The Balaban J connectivity index is 2.08. The number of rotatable bonds is 2. The highest BCUT2D eigenvalue weighted by molar-refractivity contribution is 4.66. The number of hydrogen-bond acceptors (Lipinski definition) is 3. The van der Waals surface area contributed by atoms with Gasteiger partial charge >= 0.3 is 0 Å². The molecule has 3 nitrogen and oxygen atoms in total. The Bertz CT molecular complexity index is 68.7. The van der Waals surface area contributed by atoms with Gasteiger partial charge in [0.15, 0.2) is 0 Å². The molecule has 0 aliphatic carbocycles. The van der Waals surface area contributed by atoms with Crippen LogP contribution in [0.5, 0.6) is 0 Å². The van der Waals surface area contributed by atoms with Gasteiger partial charge in [-0.15, -0.1) is 0 Å². The van der Waals surface area contributed by atoms with Gasteiger partial charge in [0, 0.05) is 6.54 Å². The summed E-state index contributed by atoms with van der Waals surface area (Å²) in [5.41, 5.74) is 5.38. The number of morpholine rings is 1. The van der Waals surface area contributed by atoms with Crippen LogP contribution in [0.2, 0.25) is 0 Å². The summed E-state index contributed by atoms with van der Waals surface area (Å²) in [4.78, 5) is 2.32. The summed E-state index contributed by atoms with van der Waals surface area (Å²) in [6.45, 7) is 5.64. The second-order valence-corrected chi connectivity index (χ2v) is 2.24. The Hall–Kier alpha value is -0.120. The van der Waals surface area contributed by atoms with E-state index in [0.29, 0.717) is 0 Å². The molecule has 0 amide bonds. The van der Waals surface area contributed by atoms with Crippen LogP contribution in [0, 0.1) is 0 Å². The van der Waals surface area contributed by atoms with Crippen molar-refractivity contribution in [1.29, 1.82) is 0 Å². The molecule has 0 aromatic rings. The summed E-state index contributed by atoms with van der Waals surface area (Å²) in [5.74, 6) is 0. The van der Waals surface area contributed by atoms with E-state index >= 15 is 0 Å². The van der Waals surface area contributed by atoms with Crippen molar-refractivity contribution in [1.82, 2.24) is 4.90 Å². The molecule has 1 saturated heterocycles. The first kappa shape index (κ1) is 6.99. The average Bonchev–Trinajstić information content (AvgIpc) is 1.91. The van der Waals surface area contributed by atoms with E-state index in [0.717, 1.165) is 39.4 Å². The molecule has 1 radical (unpaired) electrons. The fourth-order valence-electron chi connectivity index (χ4n) is 1.01. The van der Waals surface area contributed by atoms with E-state index in [1.807, 2.05) is 0 Å². The third kappa shape index (κ3) is 2.30. The highest BCUT2D eigenvalue weighted by Gasteiger charge is 2.17. The minimum Gasteiger partial charge on any atom is -0.369 e. The molecule has 2 N–H and O–H groups in total. The molecule has 0 bridgehead atoms. The summed E-state index contributed by atoms with van der Waals surface area (Å²) >= 11 is 0. The molecule has 0 aromatic heterocycles. The van der Waals surface area contributed by atoms with Crippen LogP contribution in [0.25, 0.3) is 0 Å². The van der Waals surface area contributed by atoms with Gasteiger partial charge in [-0.25, -0.2) is 0 Å². The minimum atomic E-state index is 0.764. The maximum atomic E-state index is 5.38. The molecule has 0 unspecified atom stereocenters. The van der Waals surface area contributed by atoms with Gasteiger partial charge in [0.2, 0.25) is 0 Å². The maximum Gasteiger partial charge on any atom is 0.146 e. The van der Waals surface area contributed by atoms with Crippen molar-refractivity contribution in [2.75, 3.05) is 39.4 Å². The lowest BCUT2D eigenvalue weighted by atomic mass is 10.4. The Morgan fingerprint density at radius 1 is 1.33 bits per heavy atom. The Morgan fingerprint density at radius 3 is 2.56 bits per heavy atom. The highest BCUT2D eigenvalue weighted by Crippen LogP contribution is 1.90. The normalized spacial score (nSPS) is 22.3. The van der Waals surface area contributed by atoms with Crippen LogP contribution < -0.4 is 10.6 Å². The van der Waals surface area contributed by atoms with E-state index in [9.17, 15) is 0 Å². The quantitative estimate of drug-likeness (QED) is 0.493. The van der Waals surface area contributed by atoms with Gasteiger partial charge < -0.3 is 10.5 Å². The van der Waals surface area contributed by atoms with Gasteiger partial charge in [-0.2, -0.15) is 4.90 Å². The molecular weight excluding hydrogens is 116 g/mol. The average molecular weight is 130 g/mol. The lowest BCUT2D eigenvalue weighted by molar-refractivity contribution is 0.0762. The zero-order chi connectivity index (χ0) is 6.53. The maximum absolute atomic E-state index is 5.38. The van der Waals surface area contributed by atoms with Gasteiger partial charge in [0.25, 0.3) is 0 Å². The molecule has 1 fully saturated rings. The van der Waals surface area contributed by atoms with Crippen molar-refractivity contribution >= 4 is 0 Å². The van der Waals surface area contributed by atoms with Crippen molar-refractivity contribution < 1.29 is 4.74 Å². The van der Waals surface area contributed by atoms with E-state index in [2.05, 4.69) is 4.90 Å². The third-order valence-corrected chi connectivity index (χ3v) is 1.55. The number of nitrogens with zero attached hydrogens (tertiary/aromatic N) is 1. The van der Waals surface area contributed by atoms with Crippen LogP contribution in [-0.2, 0) is 4.74 Å². The summed E-state index contributed by atoms with van der Waals surface area (Å²) in [6, 6.07) is 0. The Morgan fingerprint density at radius 2 is 2.00 bits per heavy atom. The van der Waals surface area contributed by atoms with Gasteiger partial charge in [0.1, 0.15) is 32.8 Å². The SMILES string of the molecule is NCC[N+]1CCOCC1. The Kier molecular flexibility index (Phi) is 2.97. The van der Waals surface area contributed by atoms with Crippen LogP contribution >= 0.6 is 0 Å². The smallest absolute Gasteiger partial charge is 0.146 e. The lowest BCUT2D eigenvalue weighted by Crippen LogP contribution is -2.44. The van der Waals surface area contributed by atoms with Crippen molar-refractivity contribution in [2.45, 2.75) is 0 Å². The predicted octanol–water partition coefficient (Wildman–Crippen LogP) is -0.885. The molecule has 1 rings (SSSR count). The van der Waals surface area contributed by atoms with Gasteiger partial charge in [-0.05, 0) is 0 Å². The summed E-state index contributed by atoms with van der Waals surface area (Å²) in [7, 11) is 0. The first-order valence-electron chi connectivity index (χ1n) is 3.43. The van der Waals surface area contributed by atoms with Crippen LogP contribution in [0.4, 0.5) is 0 Å². The van der Waals surface area contributed by atoms with E-state index in [4.69, 9.17) is 10.5 Å². The second kappa shape index (κ2) is 3.82. The summed E-state index contributed by atoms with van der Waals surface area (Å²) in [5, 5.41) is 0. The van der Waals surface area contributed by atoms with Crippen LogP contribution in [0.15, 0.2) is 0 Å². The zero-order valence-electron chi connectivity index (χ0n) is 5.68. The fourth-order valence-corrected chi connectivity index (χ4v) is 1.01. The molecule has 9 heavy (non-hydrogen) atoms. The van der Waals surface area contributed by atoms with E-state index in [1.165, 1.54) is 0 Å². The second-order valence-electron chi connectivity index (χ2n) is 2.24. The van der Waals surface area contributed by atoms with Crippen molar-refractivity contribution in [3.63, 3.8) is 0 Å². The van der Waals surface area contributed by atoms with Gasteiger partial charge in [-0.1, -0.05) is 0 Å². The molecule has 0 atom stereocenters. The number of hydrogen-bond donors (Lipinski definition) is 1. The Labute approximate surface area is 55.8 Å². The molecule has 1 heterocycles. The minimum absolute atomic E-state index is 0.764. The lowest BCUT2D eigenvalue weighted by Gasteiger charge is -2.16. The van der Waals surface area contributed by atoms with Gasteiger partial charge in [0.05, 0.1) is 0 Å². The fraction of sp³-hybridized carbons (Fsp3) is 1.00. The zero-order valence-corrected chi connectivity index (χ0v) is 5.68. The monoisotopic (exact) mass is 130 g/mol. The van der Waals surface area contributed by atoms with Gasteiger partial charge in [-0.3, -0.25) is 0 Å². The van der Waals surface area contributed by atoms with E-state index < -0.39 is 0 Å². The van der Waals surface area contributed by atoms with Crippen molar-refractivity contribution in [3.05, 3.63) is 0 Å². The largest absolute Gasteiger partial charge is 0.369 e. The van der Waals surface area contributed by atoms with Crippen LogP contribution in [0.1, 0.15) is 0 Å². The summed E-state index contributed by atoms with van der Waals surface area (Å²) < 4.78 is 5.16.